The van der Waals surface area contributed by atoms with Gasteiger partial charge in [0.1, 0.15) is 5.82 Å². The zero-order valence-corrected chi connectivity index (χ0v) is 14.3. The van der Waals surface area contributed by atoms with E-state index in [-0.39, 0.29) is 18.3 Å². The van der Waals surface area contributed by atoms with Crippen LogP contribution in [0.3, 0.4) is 0 Å². The summed E-state index contributed by atoms with van der Waals surface area (Å²) in [5.41, 5.74) is 2.76. The normalized spacial score (nSPS) is 13.7. The SMILES string of the molecule is O=C(CCNc1ccc(N2CCCC2)cc1)NCc1ccccc1F. The molecular weight excluding hydrogens is 317 g/mol. The average Bonchev–Trinajstić information content (AvgIpc) is 3.16. The first-order valence-corrected chi connectivity index (χ1v) is 8.81. The maximum atomic E-state index is 13.5. The van der Waals surface area contributed by atoms with Crippen LogP contribution in [-0.4, -0.2) is 25.5 Å². The Balaban J connectivity index is 1.38. The van der Waals surface area contributed by atoms with Gasteiger partial charge in [-0.05, 0) is 43.2 Å². The monoisotopic (exact) mass is 341 g/mol. The fraction of sp³-hybridized carbons (Fsp3) is 0.350. The number of nitrogens with zero attached hydrogens (tertiary/aromatic N) is 1. The first-order chi connectivity index (χ1) is 12.2. The summed E-state index contributed by atoms with van der Waals surface area (Å²) in [6.07, 6.45) is 2.88. The van der Waals surface area contributed by atoms with Gasteiger partial charge in [0, 0.05) is 49.5 Å². The number of benzene rings is 2. The lowest BCUT2D eigenvalue weighted by atomic mass is 10.2. The number of amides is 1. The number of hydrogen-bond donors (Lipinski definition) is 2. The van der Waals surface area contributed by atoms with Crippen LogP contribution in [0, 0.1) is 5.82 Å². The highest BCUT2D eigenvalue weighted by Gasteiger charge is 2.11. The summed E-state index contributed by atoms with van der Waals surface area (Å²) >= 11 is 0. The predicted octanol–water partition coefficient (Wildman–Crippen LogP) is 3.54. The zero-order valence-electron chi connectivity index (χ0n) is 14.3. The van der Waals surface area contributed by atoms with Crippen LogP contribution >= 0.6 is 0 Å². The Morgan fingerprint density at radius 2 is 1.76 bits per heavy atom. The highest BCUT2D eigenvalue weighted by atomic mass is 19.1. The van der Waals surface area contributed by atoms with Gasteiger partial charge < -0.3 is 15.5 Å². The topological polar surface area (TPSA) is 44.4 Å². The molecule has 1 aliphatic rings. The van der Waals surface area contributed by atoms with E-state index in [0.29, 0.717) is 18.5 Å². The van der Waals surface area contributed by atoms with Crippen molar-refractivity contribution in [2.75, 3.05) is 29.9 Å². The maximum absolute atomic E-state index is 13.5. The Bertz CT molecular complexity index is 696. The first kappa shape index (κ1) is 17.3. The Kier molecular flexibility index (Phi) is 5.88. The molecule has 3 rings (SSSR count). The highest BCUT2D eigenvalue weighted by Crippen LogP contribution is 2.21. The van der Waals surface area contributed by atoms with Gasteiger partial charge in [-0.25, -0.2) is 4.39 Å². The number of rotatable bonds is 7. The molecule has 2 aromatic carbocycles. The minimum atomic E-state index is -0.293. The number of hydrogen-bond acceptors (Lipinski definition) is 3. The molecule has 0 bridgehead atoms. The predicted molar refractivity (Wildman–Crippen MR) is 99.2 cm³/mol. The van der Waals surface area contributed by atoms with Crippen LogP contribution in [0.4, 0.5) is 15.8 Å². The summed E-state index contributed by atoms with van der Waals surface area (Å²) in [5.74, 6) is -0.386. The molecule has 0 saturated carbocycles. The summed E-state index contributed by atoms with van der Waals surface area (Å²) in [6.45, 7) is 3.03. The van der Waals surface area contributed by atoms with E-state index >= 15 is 0 Å². The summed E-state index contributed by atoms with van der Waals surface area (Å²) in [5, 5.41) is 6.00. The molecule has 0 aliphatic carbocycles. The molecule has 1 saturated heterocycles. The van der Waals surface area contributed by atoms with E-state index < -0.39 is 0 Å². The Morgan fingerprint density at radius 3 is 2.48 bits per heavy atom. The van der Waals surface area contributed by atoms with Crippen molar-refractivity contribution < 1.29 is 9.18 Å². The number of anilines is 2. The molecule has 2 N–H and O–H groups in total. The molecule has 25 heavy (non-hydrogen) atoms. The largest absolute Gasteiger partial charge is 0.385 e. The zero-order chi connectivity index (χ0) is 17.5. The van der Waals surface area contributed by atoms with Gasteiger partial charge in [0.15, 0.2) is 0 Å². The second-order valence-corrected chi connectivity index (χ2v) is 6.29. The fourth-order valence-electron chi connectivity index (χ4n) is 3.01. The number of nitrogens with one attached hydrogen (secondary N) is 2. The lowest BCUT2D eigenvalue weighted by Crippen LogP contribution is -2.25. The van der Waals surface area contributed by atoms with E-state index in [4.69, 9.17) is 0 Å². The van der Waals surface area contributed by atoms with Crippen molar-refractivity contribution in [1.29, 1.82) is 0 Å². The van der Waals surface area contributed by atoms with Crippen molar-refractivity contribution >= 4 is 17.3 Å². The lowest BCUT2D eigenvalue weighted by molar-refractivity contribution is -0.121. The van der Waals surface area contributed by atoms with Gasteiger partial charge in [0.2, 0.25) is 5.91 Å². The van der Waals surface area contributed by atoms with Crippen LogP contribution in [0.1, 0.15) is 24.8 Å². The number of carbonyl (C=O) groups is 1. The minimum Gasteiger partial charge on any atom is -0.385 e. The van der Waals surface area contributed by atoms with Crippen LogP contribution in [-0.2, 0) is 11.3 Å². The average molecular weight is 341 g/mol. The second-order valence-electron chi connectivity index (χ2n) is 6.29. The molecule has 1 fully saturated rings. The van der Waals surface area contributed by atoms with Gasteiger partial charge in [-0.2, -0.15) is 0 Å². The molecule has 0 spiro atoms. The van der Waals surface area contributed by atoms with Crippen molar-refractivity contribution in [3.8, 4) is 0 Å². The quantitative estimate of drug-likeness (QED) is 0.809. The summed E-state index contributed by atoms with van der Waals surface area (Å²) < 4.78 is 13.5. The molecule has 0 unspecified atom stereocenters. The van der Waals surface area contributed by atoms with E-state index in [1.54, 1.807) is 18.2 Å². The molecule has 132 valence electrons. The maximum Gasteiger partial charge on any atom is 0.222 e. The number of carbonyl (C=O) groups excluding carboxylic acids is 1. The van der Waals surface area contributed by atoms with Crippen molar-refractivity contribution in [3.63, 3.8) is 0 Å². The van der Waals surface area contributed by atoms with E-state index in [1.807, 2.05) is 12.1 Å². The third-order valence-electron chi connectivity index (χ3n) is 4.45. The first-order valence-electron chi connectivity index (χ1n) is 8.81. The lowest BCUT2D eigenvalue weighted by Gasteiger charge is -2.18. The second kappa shape index (κ2) is 8.51. The van der Waals surface area contributed by atoms with Crippen LogP contribution < -0.4 is 15.5 Å². The molecule has 1 heterocycles. The van der Waals surface area contributed by atoms with Crippen molar-refractivity contribution in [2.45, 2.75) is 25.8 Å². The third kappa shape index (κ3) is 4.95. The highest BCUT2D eigenvalue weighted by molar-refractivity contribution is 5.76. The molecular formula is C20H24FN3O. The molecule has 4 nitrogen and oxygen atoms in total. The third-order valence-corrected chi connectivity index (χ3v) is 4.45. The molecule has 1 aliphatic heterocycles. The van der Waals surface area contributed by atoms with Gasteiger partial charge in [0.05, 0.1) is 0 Å². The number of halogens is 1. The molecule has 0 radical (unpaired) electrons. The van der Waals surface area contributed by atoms with E-state index in [9.17, 15) is 9.18 Å². The Labute approximate surface area is 148 Å². The van der Waals surface area contributed by atoms with Crippen LogP contribution in [0.2, 0.25) is 0 Å². The van der Waals surface area contributed by atoms with Crippen LogP contribution in [0.15, 0.2) is 48.5 Å². The summed E-state index contributed by atoms with van der Waals surface area (Å²) in [4.78, 5) is 14.3. The molecule has 1 amide bonds. The van der Waals surface area contributed by atoms with Crippen molar-refractivity contribution in [1.82, 2.24) is 5.32 Å². The van der Waals surface area contributed by atoms with Gasteiger partial charge in [-0.15, -0.1) is 0 Å². The fourth-order valence-corrected chi connectivity index (χ4v) is 3.01. The molecule has 0 atom stereocenters. The Morgan fingerprint density at radius 1 is 1.04 bits per heavy atom. The van der Waals surface area contributed by atoms with Gasteiger partial charge in [0.25, 0.3) is 0 Å². The van der Waals surface area contributed by atoms with Crippen molar-refractivity contribution in [2.24, 2.45) is 0 Å². The van der Waals surface area contributed by atoms with E-state index in [1.165, 1.54) is 24.6 Å². The molecule has 0 aromatic heterocycles. The molecule has 2 aromatic rings. The standard InChI is InChI=1S/C20H24FN3O/c21-19-6-2-1-5-16(19)15-23-20(25)11-12-22-17-7-9-18(10-8-17)24-13-3-4-14-24/h1-2,5-10,22H,3-4,11-15H2,(H,23,25). The van der Waals surface area contributed by atoms with Gasteiger partial charge in [-0.3, -0.25) is 4.79 Å². The minimum absolute atomic E-state index is 0.0931. The Hall–Kier alpha value is -2.56. The van der Waals surface area contributed by atoms with Gasteiger partial charge in [-0.1, -0.05) is 18.2 Å². The summed E-state index contributed by atoms with van der Waals surface area (Å²) in [6, 6.07) is 14.8. The van der Waals surface area contributed by atoms with E-state index in [2.05, 4.69) is 27.7 Å². The van der Waals surface area contributed by atoms with Crippen molar-refractivity contribution in [3.05, 3.63) is 59.9 Å². The van der Waals surface area contributed by atoms with Crippen LogP contribution in [0.25, 0.3) is 0 Å². The summed E-state index contributed by atoms with van der Waals surface area (Å²) in [7, 11) is 0. The molecule has 5 heteroatoms. The van der Waals surface area contributed by atoms with E-state index in [0.717, 1.165) is 18.8 Å². The van der Waals surface area contributed by atoms with Crippen LogP contribution in [0.5, 0.6) is 0 Å². The smallest absolute Gasteiger partial charge is 0.222 e. The van der Waals surface area contributed by atoms with Gasteiger partial charge >= 0.3 is 0 Å².